The van der Waals surface area contributed by atoms with Crippen molar-refractivity contribution in [3.63, 3.8) is 0 Å². The molecule has 1 saturated carbocycles. The molecule has 0 saturated heterocycles. The van der Waals surface area contributed by atoms with E-state index in [4.69, 9.17) is 9.84 Å². The van der Waals surface area contributed by atoms with Gasteiger partial charge in [0, 0.05) is 18.2 Å². The highest BCUT2D eigenvalue weighted by Gasteiger charge is 2.32. The van der Waals surface area contributed by atoms with Crippen LogP contribution in [0.5, 0.6) is 0 Å². The molecule has 1 atom stereocenters. The van der Waals surface area contributed by atoms with E-state index in [1.54, 1.807) is 24.3 Å². The van der Waals surface area contributed by atoms with Gasteiger partial charge in [0.2, 0.25) is 5.91 Å². The van der Waals surface area contributed by atoms with Gasteiger partial charge in [-0.1, -0.05) is 73.5 Å². The first-order valence-corrected chi connectivity index (χ1v) is 12.5. The lowest BCUT2D eigenvalue weighted by Crippen LogP contribution is -2.47. The van der Waals surface area contributed by atoms with Crippen molar-refractivity contribution < 1.29 is 24.2 Å². The smallest absolute Gasteiger partial charge is 0.409 e. The highest BCUT2D eigenvalue weighted by Crippen LogP contribution is 2.44. The highest BCUT2D eigenvalue weighted by atomic mass is 16.5. The Labute approximate surface area is 215 Å². The van der Waals surface area contributed by atoms with Crippen LogP contribution in [0.4, 0.5) is 15.3 Å². The zero-order chi connectivity index (χ0) is 25.8. The zero-order valence-corrected chi connectivity index (χ0v) is 20.3. The number of carbonyl (C=O) groups is 3. The summed E-state index contributed by atoms with van der Waals surface area (Å²) >= 11 is 0. The summed E-state index contributed by atoms with van der Waals surface area (Å²) in [5.74, 6) is 0.103. The number of carboxylic acid groups (broad SMARTS) is 1. The quantitative estimate of drug-likeness (QED) is 0.327. The normalized spacial score (nSPS) is 14.7. The van der Waals surface area contributed by atoms with Gasteiger partial charge in [0.25, 0.3) is 0 Å². The van der Waals surface area contributed by atoms with Crippen molar-refractivity contribution in [1.82, 2.24) is 10.6 Å². The summed E-state index contributed by atoms with van der Waals surface area (Å²) in [6.07, 6.45) is 0.926. The summed E-state index contributed by atoms with van der Waals surface area (Å²) in [5, 5.41) is 16.7. The minimum absolute atomic E-state index is 0.0487. The van der Waals surface area contributed by atoms with E-state index < -0.39 is 18.2 Å². The first kappa shape index (κ1) is 24.4. The van der Waals surface area contributed by atoms with E-state index >= 15 is 0 Å². The molecule has 0 aliphatic heterocycles. The Hall–Kier alpha value is -4.33. The van der Waals surface area contributed by atoms with Gasteiger partial charge in [-0.2, -0.15) is 0 Å². The van der Waals surface area contributed by atoms with Crippen LogP contribution < -0.4 is 16.0 Å². The van der Waals surface area contributed by atoms with Gasteiger partial charge in [-0.25, -0.2) is 9.59 Å². The molecule has 0 bridgehead atoms. The maximum Gasteiger partial charge on any atom is 0.409 e. The predicted octanol–water partition coefficient (Wildman–Crippen LogP) is 5.10. The monoisotopic (exact) mass is 499 g/mol. The van der Waals surface area contributed by atoms with Crippen molar-refractivity contribution in [1.29, 1.82) is 0 Å². The summed E-state index contributed by atoms with van der Waals surface area (Å²) < 4.78 is 5.64. The Balaban J connectivity index is 1.17. The molecule has 3 aromatic rings. The molecule has 0 unspecified atom stereocenters. The van der Waals surface area contributed by atoms with Crippen LogP contribution in [0.1, 0.15) is 41.9 Å². The number of rotatable bonds is 9. The minimum atomic E-state index is -1.14. The third-order valence-corrected chi connectivity index (χ3v) is 6.89. The zero-order valence-electron chi connectivity index (χ0n) is 20.3. The molecule has 1 fully saturated rings. The molecule has 5 rings (SSSR count). The molecule has 0 aromatic heterocycles. The van der Waals surface area contributed by atoms with E-state index in [1.807, 2.05) is 24.3 Å². The molecular formula is C29H29N3O5. The number of hydrogen-bond acceptors (Lipinski definition) is 4. The number of benzene rings is 3. The minimum Gasteiger partial charge on any atom is -0.465 e. The lowest BCUT2D eigenvalue weighted by Gasteiger charge is -2.20. The molecule has 3 aromatic carbocycles. The second-order valence-corrected chi connectivity index (χ2v) is 9.55. The number of ether oxygens (including phenoxy) is 1. The van der Waals surface area contributed by atoms with Crippen LogP contribution in [0.25, 0.3) is 11.1 Å². The first-order chi connectivity index (χ1) is 18.0. The van der Waals surface area contributed by atoms with E-state index in [-0.39, 0.29) is 25.0 Å². The Morgan fingerprint density at radius 3 is 2.11 bits per heavy atom. The van der Waals surface area contributed by atoms with Gasteiger partial charge in [-0.3, -0.25) is 10.1 Å². The van der Waals surface area contributed by atoms with Crippen LogP contribution in [0.2, 0.25) is 0 Å². The van der Waals surface area contributed by atoms with Crippen LogP contribution >= 0.6 is 0 Å². The van der Waals surface area contributed by atoms with Gasteiger partial charge in [-0.05, 0) is 52.3 Å². The first-order valence-electron chi connectivity index (χ1n) is 12.5. The number of fused-ring (bicyclic) bond motifs is 3. The fraction of sp³-hybridized carbons (Fsp3) is 0.276. The Bertz CT molecular complexity index is 1260. The lowest BCUT2D eigenvalue weighted by atomic mass is 9.98. The standard InChI is InChI=1S/C29H29N3O5/c33-27(30-16-19-11-13-20(14-12-19)31-28(34)35)26(15-18-9-10-18)32-29(36)37-17-25-23-7-3-1-5-21(23)22-6-2-4-8-24(22)25/h1-8,11-14,18,25-26,31H,9-10,15-17H2,(H,30,33)(H,32,36)(H,34,35)/t26-/m0/s1. The van der Waals surface area contributed by atoms with Crippen LogP contribution in [0, 0.1) is 5.92 Å². The van der Waals surface area contributed by atoms with E-state index in [2.05, 4.69) is 40.2 Å². The fourth-order valence-electron chi connectivity index (χ4n) is 4.84. The van der Waals surface area contributed by atoms with Crippen LogP contribution in [0.3, 0.4) is 0 Å². The van der Waals surface area contributed by atoms with Crippen molar-refractivity contribution in [2.45, 2.75) is 37.8 Å². The molecule has 3 amide bonds. The van der Waals surface area contributed by atoms with E-state index in [1.165, 1.54) is 0 Å². The summed E-state index contributed by atoms with van der Waals surface area (Å²) in [6, 6.07) is 22.3. The SMILES string of the molecule is O=C(O)Nc1ccc(CNC(=O)[C@H](CC2CC2)NC(=O)OCC2c3ccccc3-c3ccccc32)cc1. The molecule has 4 N–H and O–H groups in total. The van der Waals surface area contributed by atoms with Gasteiger partial charge in [0.15, 0.2) is 0 Å². The Morgan fingerprint density at radius 1 is 0.892 bits per heavy atom. The Morgan fingerprint density at radius 2 is 1.51 bits per heavy atom. The van der Waals surface area contributed by atoms with Gasteiger partial charge in [-0.15, -0.1) is 0 Å². The molecule has 8 heteroatoms. The van der Waals surface area contributed by atoms with Gasteiger partial charge < -0.3 is 20.5 Å². The van der Waals surface area contributed by atoms with Crippen LogP contribution in [-0.4, -0.2) is 35.8 Å². The van der Waals surface area contributed by atoms with E-state index in [0.29, 0.717) is 18.0 Å². The molecule has 8 nitrogen and oxygen atoms in total. The average molecular weight is 500 g/mol. The number of amides is 3. The number of alkyl carbamates (subject to hydrolysis) is 1. The summed E-state index contributed by atoms with van der Waals surface area (Å²) in [5.41, 5.74) is 5.85. The van der Waals surface area contributed by atoms with Crippen molar-refractivity contribution >= 4 is 23.8 Å². The highest BCUT2D eigenvalue weighted by molar-refractivity contribution is 5.86. The van der Waals surface area contributed by atoms with Crippen molar-refractivity contribution in [3.8, 4) is 11.1 Å². The van der Waals surface area contributed by atoms with Gasteiger partial charge in [0.05, 0.1) is 0 Å². The second-order valence-electron chi connectivity index (χ2n) is 9.55. The summed E-state index contributed by atoms with van der Waals surface area (Å²) in [6.45, 7) is 0.452. The Kier molecular flexibility index (Phi) is 7.07. The topological polar surface area (TPSA) is 117 Å². The number of nitrogens with one attached hydrogen (secondary N) is 3. The molecular weight excluding hydrogens is 470 g/mol. The third kappa shape index (κ3) is 5.91. The maximum atomic E-state index is 12.9. The van der Waals surface area contributed by atoms with Crippen LogP contribution in [-0.2, 0) is 16.1 Å². The molecule has 37 heavy (non-hydrogen) atoms. The summed E-state index contributed by atoms with van der Waals surface area (Å²) in [4.78, 5) is 36.5. The van der Waals surface area contributed by atoms with Gasteiger partial charge in [0.1, 0.15) is 12.6 Å². The number of carbonyl (C=O) groups excluding carboxylic acids is 2. The average Bonchev–Trinajstić information content (AvgIpc) is 3.66. The molecule has 2 aliphatic rings. The molecule has 0 radical (unpaired) electrons. The van der Waals surface area contributed by atoms with Crippen molar-refractivity contribution in [2.75, 3.05) is 11.9 Å². The molecule has 0 heterocycles. The fourth-order valence-corrected chi connectivity index (χ4v) is 4.84. The third-order valence-electron chi connectivity index (χ3n) is 6.89. The second kappa shape index (κ2) is 10.7. The molecule has 190 valence electrons. The van der Waals surface area contributed by atoms with E-state index in [9.17, 15) is 14.4 Å². The summed E-state index contributed by atoms with van der Waals surface area (Å²) in [7, 11) is 0. The number of anilines is 1. The molecule has 2 aliphatic carbocycles. The van der Waals surface area contributed by atoms with Crippen molar-refractivity contribution in [2.24, 2.45) is 5.92 Å². The largest absolute Gasteiger partial charge is 0.465 e. The van der Waals surface area contributed by atoms with E-state index in [0.717, 1.165) is 40.7 Å². The molecule has 0 spiro atoms. The van der Waals surface area contributed by atoms with Crippen molar-refractivity contribution in [3.05, 3.63) is 89.5 Å². The lowest BCUT2D eigenvalue weighted by molar-refractivity contribution is -0.123. The maximum absolute atomic E-state index is 12.9. The van der Waals surface area contributed by atoms with Gasteiger partial charge >= 0.3 is 12.2 Å². The predicted molar refractivity (Wildman–Crippen MR) is 139 cm³/mol. The number of hydrogen-bond donors (Lipinski definition) is 4. The van der Waals surface area contributed by atoms with Crippen LogP contribution in [0.15, 0.2) is 72.8 Å².